The second-order valence-electron chi connectivity index (χ2n) is 5.41. The maximum absolute atomic E-state index is 12.2. The first-order chi connectivity index (χ1) is 11.2. The van der Waals surface area contributed by atoms with E-state index in [1.807, 2.05) is 31.2 Å². The highest BCUT2D eigenvalue weighted by atomic mass is 16.5. The largest absolute Gasteiger partial charge is 0.385 e. The molecule has 2 rings (SSSR count). The molecule has 1 aromatic heterocycles. The number of aromatic nitrogens is 1. The van der Waals surface area contributed by atoms with Crippen molar-refractivity contribution in [3.63, 3.8) is 0 Å². The van der Waals surface area contributed by atoms with Crippen LogP contribution in [0.2, 0.25) is 0 Å². The molecule has 0 aliphatic heterocycles. The fourth-order valence-electron chi connectivity index (χ4n) is 2.22. The van der Waals surface area contributed by atoms with Crippen molar-refractivity contribution in [3.8, 4) is 0 Å². The van der Waals surface area contributed by atoms with Gasteiger partial charge in [0.15, 0.2) is 0 Å². The molecule has 0 unspecified atom stereocenters. The second-order valence-corrected chi connectivity index (χ2v) is 5.41. The number of hydrogen-bond acceptors (Lipinski definition) is 4. The SMILES string of the molecule is COCCCNc1cncc(C(=O)NCc2cccc(C)c2)c1. The number of methoxy groups -OCH3 is 1. The summed E-state index contributed by atoms with van der Waals surface area (Å²) in [5.74, 6) is -0.125. The van der Waals surface area contributed by atoms with Gasteiger partial charge in [-0.1, -0.05) is 29.8 Å². The molecule has 5 heteroatoms. The van der Waals surface area contributed by atoms with Crippen molar-refractivity contribution in [3.05, 3.63) is 59.4 Å². The zero-order chi connectivity index (χ0) is 16.5. The smallest absolute Gasteiger partial charge is 0.253 e. The minimum atomic E-state index is -0.125. The van der Waals surface area contributed by atoms with Gasteiger partial charge in [-0.05, 0) is 25.0 Å². The van der Waals surface area contributed by atoms with E-state index in [2.05, 4.69) is 21.7 Å². The molecular formula is C18H23N3O2. The zero-order valence-corrected chi connectivity index (χ0v) is 13.6. The van der Waals surface area contributed by atoms with Crippen molar-refractivity contribution in [1.82, 2.24) is 10.3 Å². The molecule has 0 aliphatic rings. The van der Waals surface area contributed by atoms with E-state index in [1.165, 1.54) is 5.56 Å². The van der Waals surface area contributed by atoms with E-state index in [-0.39, 0.29) is 5.91 Å². The predicted molar refractivity (Wildman–Crippen MR) is 91.6 cm³/mol. The van der Waals surface area contributed by atoms with Crippen molar-refractivity contribution in [2.45, 2.75) is 19.9 Å². The number of anilines is 1. The Kier molecular flexibility index (Phi) is 6.56. The van der Waals surface area contributed by atoms with E-state index in [4.69, 9.17) is 4.74 Å². The van der Waals surface area contributed by atoms with E-state index in [1.54, 1.807) is 19.5 Å². The van der Waals surface area contributed by atoms with Crippen LogP contribution in [-0.4, -0.2) is 31.2 Å². The third kappa shape index (κ3) is 5.71. The average Bonchev–Trinajstić information content (AvgIpc) is 2.57. The van der Waals surface area contributed by atoms with Crippen LogP contribution in [0.1, 0.15) is 27.9 Å². The normalized spacial score (nSPS) is 10.3. The number of rotatable bonds is 8. The molecule has 1 heterocycles. The maximum Gasteiger partial charge on any atom is 0.253 e. The molecule has 0 fully saturated rings. The lowest BCUT2D eigenvalue weighted by Gasteiger charge is -2.09. The average molecular weight is 313 g/mol. The highest BCUT2D eigenvalue weighted by molar-refractivity contribution is 5.94. The van der Waals surface area contributed by atoms with Crippen LogP contribution in [0.15, 0.2) is 42.7 Å². The third-order valence-corrected chi connectivity index (χ3v) is 3.39. The van der Waals surface area contributed by atoms with Gasteiger partial charge in [0.2, 0.25) is 0 Å². The summed E-state index contributed by atoms with van der Waals surface area (Å²) in [6.45, 7) is 4.03. The Balaban J connectivity index is 1.89. The van der Waals surface area contributed by atoms with E-state index in [0.717, 1.165) is 24.2 Å². The minimum absolute atomic E-state index is 0.125. The van der Waals surface area contributed by atoms with E-state index in [9.17, 15) is 4.79 Å². The number of aryl methyl sites for hydroxylation is 1. The molecule has 0 aliphatic carbocycles. The molecule has 0 saturated heterocycles. The summed E-state index contributed by atoms with van der Waals surface area (Å²) in [6, 6.07) is 9.90. The highest BCUT2D eigenvalue weighted by Gasteiger charge is 2.07. The van der Waals surface area contributed by atoms with Gasteiger partial charge >= 0.3 is 0 Å². The number of ether oxygens (including phenoxy) is 1. The van der Waals surface area contributed by atoms with Crippen LogP contribution >= 0.6 is 0 Å². The van der Waals surface area contributed by atoms with Gasteiger partial charge in [0.25, 0.3) is 5.91 Å². The van der Waals surface area contributed by atoms with E-state index in [0.29, 0.717) is 18.7 Å². The van der Waals surface area contributed by atoms with Crippen molar-refractivity contribution >= 4 is 11.6 Å². The Bertz CT molecular complexity index is 644. The third-order valence-electron chi connectivity index (χ3n) is 3.39. The van der Waals surface area contributed by atoms with Crippen LogP contribution in [-0.2, 0) is 11.3 Å². The maximum atomic E-state index is 12.2. The van der Waals surface area contributed by atoms with Gasteiger partial charge in [0, 0.05) is 39.2 Å². The van der Waals surface area contributed by atoms with Crippen molar-refractivity contribution in [1.29, 1.82) is 0 Å². The summed E-state index contributed by atoms with van der Waals surface area (Å²) < 4.78 is 5.00. The molecule has 2 aromatic rings. The molecule has 5 nitrogen and oxygen atoms in total. The van der Waals surface area contributed by atoms with Crippen LogP contribution in [0.3, 0.4) is 0 Å². The van der Waals surface area contributed by atoms with Crippen LogP contribution in [0.4, 0.5) is 5.69 Å². The molecule has 0 bridgehead atoms. The fourth-order valence-corrected chi connectivity index (χ4v) is 2.22. The second kappa shape index (κ2) is 8.90. The van der Waals surface area contributed by atoms with Crippen molar-refractivity contribution in [2.75, 3.05) is 25.6 Å². The van der Waals surface area contributed by atoms with Crippen LogP contribution in [0, 0.1) is 6.92 Å². The van der Waals surface area contributed by atoms with Gasteiger partial charge in [-0.15, -0.1) is 0 Å². The Hall–Kier alpha value is -2.40. The van der Waals surface area contributed by atoms with Gasteiger partial charge in [0.05, 0.1) is 11.3 Å². The standard InChI is InChI=1S/C18H23N3O2/c1-14-5-3-6-15(9-14)11-21-18(22)16-10-17(13-19-12-16)20-7-4-8-23-2/h3,5-6,9-10,12-13,20H,4,7-8,11H2,1-2H3,(H,21,22). The molecule has 0 radical (unpaired) electrons. The first kappa shape index (κ1) is 17.0. The lowest BCUT2D eigenvalue weighted by molar-refractivity contribution is 0.0950. The molecule has 2 N–H and O–H groups in total. The van der Waals surface area contributed by atoms with Crippen molar-refractivity contribution < 1.29 is 9.53 Å². The Morgan fingerprint density at radius 2 is 2.13 bits per heavy atom. The van der Waals surface area contributed by atoms with E-state index < -0.39 is 0 Å². The molecule has 0 spiro atoms. The first-order valence-electron chi connectivity index (χ1n) is 7.70. The molecular weight excluding hydrogens is 290 g/mol. The summed E-state index contributed by atoms with van der Waals surface area (Å²) in [4.78, 5) is 16.4. The Morgan fingerprint density at radius 1 is 1.26 bits per heavy atom. The van der Waals surface area contributed by atoms with Gasteiger partial charge < -0.3 is 15.4 Å². The summed E-state index contributed by atoms with van der Waals surface area (Å²) in [5, 5.41) is 6.15. The number of benzene rings is 1. The zero-order valence-electron chi connectivity index (χ0n) is 13.6. The Labute approximate surface area is 137 Å². The molecule has 122 valence electrons. The number of nitrogens with one attached hydrogen (secondary N) is 2. The molecule has 1 aromatic carbocycles. The monoisotopic (exact) mass is 313 g/mol. The van der Waals surface area contributed by atoms with Gasteiger partial charge in [-0.3, -0.25) is 9.78 Å². The van der Waals surface area contributed by atoms with Crippen molar-refractivity contribution in [2.24, 2.45) is 0 Å². The topological polar surface area (TPSA) is 63.2 Å². The number of hydrogen-bond donors (Lipinski definition) is 2. The summed E-state index contributed by atoms with van der Waals surface area (Å²) >= 11 is 0. The lowest BCUT2D eigenvalue weighted by Crippen LogP contribution is -2.23. The summed E-state index contributed by atoms with van der Waals surface area (Å²) in [6.07, 6.45) is 4.19. The van der Waals surface area contributed by atoms with Gasteiger partial charge in [0.1, 0.15) is 0 Å². The molecule has 0 saturated carbocycles. The predicted octanol–water partition coefficient (Wildman–Crippen LogP) is 2.77. The minimum Gasteiger partial charge on any atom is -0.385 e. The van der Waals surface area contributed by atoms with Crippen LogP contribution < -0.4 is 10.6 Å². The number of nitrogens with zero attached hydrogens (tertiary/aromatic N) is 1. The lowest BCUT2D eigenvalue weighted by atomic mass is 10.1. The van der Waals surface area contributed by atoms with E-state index >= 15 is 0 Å². The van der Waals surface area contributed by atoms with Gasteiger partial charge in [-0.25, -0.2) is 0 Å². The molecule has 23 heavy (non-hydrogen) atoms. The van der Waals surface area contributed by atoms with Gasteiger partial charge in [-0.2, -0.15) is 0 Å². The quantitative estimate of drug-likeness (QED) is 0.736. The van der Waals surface area contributed by atoms with Crippen LogP contribution in [0.25, 0.3) is 0 Å². The molecule has 1 amide bonds. The summed E-state index contributed by atoms with van der Waals surface area (Å²) in [7, 11) is 1.68. The summed E-state index contributed by atoms with van der Waals surface area (Å²) in [5.41, 5.74) is 3.65. The van der Waals surface area contributed by atoms with Crippen LogP contribution in [0.5, 0.6) is 0 Å². The number of carbonyl (C=O) groups is 1. The fraction of sp³-hybridized carbons (Fsp3) is 0.333. The number of carbonyl (C=O) groups excluding carboxylic acids is 1. The molecule has 0 atom stereocenters. The first-order valence-corrected chi connectivity index (χ1v) is 7.70. The number of amides is 1. The Morgan fingerprint density at radius 3 is 2.91 bits per heavy atom. The highest BCUT2D eigenvalue weighted by Crippen LogP contribution is 2.09. The number of pyridine rings is 1.